The maximum absolute atomic E-state index is 14.3. The van der Waals surface area contributed by atoms with Crippen molar-refractivity contribution in [3.63, 3.8) is 0 Å². The minimum Gasteiger partial charge on any atom is -0.487 e. The predicted octanol–water partition coefficient (Wildman–Crippen LogP) is 4.29. The molecule has 2 heterocycles. The summed E-state index contributed by atoms with van der Waals surface area (Å²) in [5.41, 5.74) is 1.67. The van der Waals surface area contributed by atoms with Gasteiger partial charge in [-0.25, -0.2) is 27.8 Å². The lowest BCUT2D eigenvalue weighted by Gasteiger charge is -2.30. The average Bonchev–Trinajstić information content (AvgIpc) is 3.22. The first-order chi connectivity index (χ1) is 17.5. The van der Waals surface area contributed by atoms with Crippen LogP contribution in [0.2, 0.25) is 5.02 Å². The molecule has 2 aromatic carbocycles. The van der Waals surface area contributed by atoms with Crippen molar-refractivity contribution in [2.75, 3.05) is 0 Å². The minimum atomic E-state index is -2.80. The number of para-hydroxylation sites is 1. The van der Waals surface area contributed by atoms with Gasteiger partial charge in [-0.15, -0.1) is 0 Å². The zero-order valence-electron chi connectivity index (χ0n) is 20.7. The summed E-state index contributed by atoms with van der Waals surface area (Å²) in [6, 6.07) is 9.73. The van der Waals surface area contributed by atoms with Crippen molar-refractivity contribution in [2.45, 2.75) is 38.7 Å². The first-order valence-corrected chi connectivity index (χ1v) is 11.8. The van der Waals surface area contributed by atoms with Gasteiger partial charge in [0, 0.05) is 34.7 Å². The molecule has 1 amide bonds. The molecule has 37 heavy (non-hydrogen) atoms. The summed E-state index contributed by atoms with van der Waals surface area (Å²) in [4.78, 5) is 21.1. The Kier molecular flexibility index (Phi) is 7.45. The number of aromatic nitrogens is 4. The Labute approximate surface area is 217 Å². The number of amides is 1. The zero-order chi connectivity index (χ0) is 26.9. The summed E-state index contributed by atoms with van der Waals surface area (Å²) in [7, 11) is 3.38. The van der Waals surface area contributed by atoms with E-state index in [0.717, 1.165) is 22.7 Å². The number of halogens is 4. The summed E-state index contributed by atoms with van der Waals surface area (Å²) >= 11 is 6.40. The normalized spacial score (nSPS) is 13.1. The Bertz CT molecular complexity index is 1480. The Hall–Kier alpha value is -3.60. The molecule has 0 spiro atoms. The number of alkyl halides is 2. The number of hydrogen-bond acceptors (Lipinski definition) is 5. The molecule has 0 fully saturated rings. The molecule has 4 aromatic rings. The van der Waals surface area contributed by atoms with Gasteiger partial charge in [-0.2, -0.15) is 5.10 Å². The number of rotatable bonds is 8. The third kappa shape index (κ3) is 5.71. The summed E-state index contributed by atoms with van der Waals surface area (Å²) in [6.07, 6.45) is -2.30. The molecule has 0 saturated carbocycles. The van der Waals surface area contributed by atoms with Crippen LogP contribution in [0.25, 0.3) is 22.3 Å². The molecule has 0 bridgehead atoms. The Morgan fingerprint density at radius 3 is 2.73 bits per heavy atom. The number of hydrogen-bond donors (Lipinski definition) is 1. The van der Waals surface area contributed by atoms with Gasteiger partial charge >= 0.3 is 0 Å². The maximum Gasteiger partial charge on any atom is 0.247 e. The number of nitrogens with one attached hydrogen (secondary N) is 1. The van der Waals surface area contributed by atoms with Crippen LogP contribution in [0.3, 0.4) is 0 Å². The van der Waals surface area contributed by atoms with Crippen LogP contribution >= 0.6 is 11.6 Å². The third-order valence-corrected chi connectivity index (χ3v) is 6.22. The number of nitrogens with zero attached hydrogens (tertiary/aromatic N) is 4. The van der Waals surface area contributed by atoms with Crippen molar-refractivity contribution in [3.8, 4) is 17.1 Å². The first kappa shape index (κ1) is 26.5. The highest BCUT2D eigenvalue weighted by Gasteiger charge is 2.29. The molecule has 0 radical (unpaired) electrons. The summed E-state index contributed by atoms with van der Waals surface area (Å²) in [6.45, 7) is 3.35. The number of carbonyl (C=O) groups excluding carboxylic acids is 1. The highest BCUT2D eigenvalue weighted by Crippen LogP contribution is 2.34. The second-order valence-corrected chi connectivity index (χ2v) is 9.55. The van der Waals surface area contributed by atoms with E-state index in [9.17, 15) is 18.0 Å². The number of pyridine rings is 1. The lowest BCUT2D eigenvalue weighted by atomic mass is 9.72. The molecule has 192 valence electrons. The number of aryl methyl sites for hydroxylation is 2. The van der Waals surface area contributed by atoms with Crippen LogP contribution in [-0.2, 0) is 23.9 Å². The van der Waals surface area contributed by atoms with E-state index in [1.54, 1.807) is 32.6 Å². The van der Waals surface area contributed by atoms with Crippen LogP contribution in [0.4, 0.5) is 13.2 Å². The Morgan fingerprint density at radius 2 is 2.05 bits per heavy atom. The molecular formula is C25H24BClF3N5O2. The average molecular weight is 530 g/mol. The monoisotopic (exact) mass is 529 g/mol. The van der Waals surface area contributed by atoms with Gasteiger partial charge in [0.2, 0.25) is 12.3 Å². The van der Waals surface area contributed by atoms with Crippen molar-refractivity contribution in [1.82, 2.24) is 25.1 Å². The SMILES string of the molecule is B[C@@](C)(NC(=O)CC(F)F)c1cc(F)cc(Cl)c1COc1cccc2c(-c3ncnn3C)cc(C)nc12. The van der Waals surface area contributed by atoms with Crippen LogP contribution < -0.4 is 10.1 Å². The Morgan fingerprint density at radius 1 is 1.30 bits per heavy atom. The van der Waals surface area contributed by atoms with E-state index in [-0.39, 0.29) is 11.6 Å². The standard InChI is InChI=1S/C25H24BClF3N5O2/c1-13-7-16(24-31-12-32-35(24)3)15-5-4-6-20(23(15)33-13)37-11-17-18(8-14(28)9-19(17)27)25(2,26)34-22(36)10-21(29)30/h4-9,12,21H,10-11,26H2,1-3H3,(H,34,36)/t25-/m0/s1. The van der Waals surface area contributed by atoms with Crippen LogP contribution in [0.5, 0.6) is 5.75 Å². The van der Waals surface area contributed by atoms with Gasteiger partial charge in [-0.3, -0.25) is 4.79 Å². The molecule has 12 heteroatoms. The van der Waals surface area contributed by atoms with Crippen molar-refractivity contribution in [2.24, 2.45) is 7.05 Å². The molecule has 1 N–H and O–H groups in total. The molecule has 0 aliphatic rings. The molecule has 1 atom stereocenters. The quantitative estimate of drug-likeness (QED) is 0.345. The van der Waals surface area contributed by atoms with Crippen molar-refractivity contribution in [3.05, 3.63) is 70.4 Å². The lowest BCUT2D eigenvalue weighted by molar-refractivity contribution is -0.124. The van der Waals surface area contributed by atoms with Crippen molar-refractivity contribution >= 4 is 36.3 Å². The summed E-state index contributed by atoms with van der Waals surface area (Å²) in [5.74, 6) is -0.374. The highest BCUT2D eigenvalue weighted by molar-refractivity contribution is 6.31. The van der Waals surface area contributed by atoms with Gasteiger partial charge in [0.1, 0.15) is 37.9 Å². The fourth-order valence-electron chi connectivity index (χ4n) is 4.26. The second kappa shape index (κ2) is 10.4. The smallest absolute Gasteiger partial charge is 0.247 e. The van der Waals surface area contributed by atoms with E-state index in [2.05, 4.69) is 20.4 Å². The molecule has 0 unspecified atom stereocenters. The molecule has 0 saturated heterocycles. The maximum atomic E-state index is 14.3. The lowest BCUT2D eigenvalue weighted by Crippen LogP contribution is -2.45. The highest BCUT2D eigenvalue weighted by atomic mass is 35.5. The van der Waals surface area contributed by atoms with Crippen LogP contribution in [-0.4, -0.2) is 39.9 Å². The predicted molar refractivity (Wildman–Crippen MR) is 137 cm³/mol. The van der Waals surface area contributed by atoms with Gasteiger partial charge < -0.3 is 10.1 Å². The number of carbonyl (C=O) groups is 1. The van der Waals surface area contributed by atoms with Gasteiger partial charge in [-0.05, 0) is 43.7 Å². The Balaban J connectivity index is 1.71. The molecular weight excluding hydrogens is 506 g/mol. The first-order valence-electron chi connectivity index (χ1n) is 11.4. The van der Waals surface area contributed by atoms with E-state index in [1.807, 2.05) is 25.1 Å². The van der Waals surface area contributed by atoms with Gasteiger partial charge in [-0.1, -0.05) is 23.7 Å². The number of ether oxygens (including phenoxy) is 1. The zero-order valence-corrected chi connectivity index (χ0v) is 21.4. The number of fused-ring (bicyclic) bond motifs is 1. The fraction of sp³-hybridized carbons (Fsp3) is 0.280. The van der Waals surface area contributed by atoms with E-state index >= 15 is 0 Å². The summed E-state index contributed by atoms with van der Waals surface area (Å²) < 4.78 is 47.5. The van der Waals surface area contributed by atoms with Crippen LogP contribution in [0.1, 0.15) is 30.2 Å². The van der Waals surface area contributed by atoms with Gasteiger partial charge in [0.05, 0.1) is 11.4 Å². The fourth-order valence-corrected chi connectivity index (χ4v) is 4.52. The molecule has 0 aliphatic carbocycles. The van der Waals surface area contributed by atoms with Crippen LogP contribution in [0.15, 0.2) is 42.7 Å². The number of benzene rings is 2. The van der Waals surface area contributed by atoms with E-state index in [0.29, 0.717) is 28.2 Å². The minimum absolute atomic E-state index is 0.0790. The third-order valence-electron chi connectivity index (χ3n) is 5.88. The van der Waals surface area contributed by atoms with Crippen LogP contribution in [0, 0.1) is 12.7 Å². The second-order valence-electron chi connectivity index (χ2n) is 9.14. The van der Waals surface area contributed by atoms with Crippen molar-refractivity contribution < 1.29 is 22.7 Å². The largest absolute Gasteiger partial charge is 0.487 e. The van der Waals surface area contributed by atoms with E-state index in [4.69, 9.17) is 16.3 Å². The topological polar surface area (TPSA) is 81.9 Å². The van der Waals surface area contributed by atoms with Gasteiger partial charge in [0.25, 0.3) is 0 Å². The summed E-state index contributed by atoms with van der Waals surface area (Å²) in [5, 5.41) is 7.56. The van der Waals surface area contributed by atoms with Gasteiger partial charge in [0.15, 0.2) is 5.82 Å². The van der Waals surface area contributed by atoms with E-state index < -0.39 is 30.0 Å². The van der Waals surface area contributed by atoms with Crippen molar-refractivity contribution in [1.29, 1.82) is 0 Å². The molecule has 7 nitrogen and oxygen atoms in total. The van der Waals surface area contributed by atoms with E-state index in [1.165, 1.54) is 12.4 Å². The molecule has 0 aliphatic heterocycles. The molecule has 4 rings (SSSR count). The molecule has 2 aromatic heterocycles.